The van der Waals surface area contributed by atoms with Crippen molar-refractivity contribution >= 4 is 5.65 Å². The standard InChI is InChI=1S/C22H20FN3O2/c1-14(2)28-18-6-4-5-15(11-18)17-8-10-21-24-25-22(26(21)13-17)16-7-9-20(27-3)19(23)12-16/h4-14H,1-3H3. The molecule has 142 valence electrons. The molecule has 0 amide bonds. The molecule has 2 aromatic heterocycles. The first-order valence-corrected chi connectivity index (χ1v) is 9.01. The fraction of sp³-hybridized carbons (Fsp3) is 0.182. The molecule has 0 radical (unpaired) electrons. The van der Waals surface area contributed by atoms with Gasteiger partial charge in [0.2, 0.25) is 0 Å². The van der Waals surface area contributed by atoms with Crippen molar-refractivity contribution in [1.82, 2.24) is 14.6 Å². The van der Waals surface area contributed by atoms with Crippen molar-refractivity contribution < 1.29 is 13.9 Å². The number of hydrogen-bond acceptors (Lipinski definition) is 4. The van der Waals surface area contributed by atoms with Crippen LogP contribution in [0.5, 0.6) is 11.5 Å². The van der Waals surface area contributed by atoms with Crippen LogP contribution in [0.1, 0.15) is 13.8 Å². The van der Waals surface area contributed by atoms with Gasteiger partial charge in [0.05, 0.1) is 13.2 Å². The molecule has 0 N–H and O–H groups in total. The van der Waals surface area contributed by atoms with E-state index in [4.69, 9.17) is 9.47 Å². The Morgan fingerprint density at radius 2 is 1.75 bits per heavy atom. The second-order valence-electron chi connectivity index (χ2n) is 6.71. The van der Waals surface area contributed by atoms with Crippen molar-refractivity contribution in [2.45, 2.75) is 20.0 Å². The summed E-state index contributed by atoms with van der Waals surface area (Å²) in [7, 11) is 1.44. The van der Waals surface area contributed by atoms with Crippen LogP contribution in [0.2, 0.25) is 0 Å². The lowest BCUT2D eigenvalue weighted by atomic mass is 10.1. The quantitative estimate of drug-likeness (QED) is 0.491. The molecular weight excluding hydrogens is 357 g/mol. The summed E-state index contributed by atoms with van der Waals surface area (Å²) >= 11 is 0. The van der Waals surface area contributed by atoms with E-state index in [0.717, 1.165) is 16.9 Å². The van der Waals surface area contributed by atoms with Crippen molar-refractivity contribution in [3.8, 4) is 34.0 Å². The van der Waals surface area contributed by atoms with Gasteiger partial charge in [-0.1, -0.05) is 12.1 Å². The fourth-order valence-electron chi connectivity index (χ4n) is 3.08. The highest BCUT2D eigenvalue weighted by Gasteiger charge is 2.12. The molecule has 2 heterocycles. The van der Waals surface area contributed by atoms with Gasteiger partial charge in [-0.2, -0.15) is 0 Å². The predicted octanol–water partition coefficient (Wildman–Crippen LogP) is 5.00. The minimum atomic E-state index is -0.438. The molecule has 0 aliphatic heterocycles. The van der Waals surface area contributed by atoms with Gasteiger partial charge in [-0.15, -0.1) is 10.2 Å². The lowest BCUT2D eigenvalue weighted by molar-refractivity contribution is 0.242. The van der Waals surface area contributed by atoms with Gasteiger partial charge in [0.25, 0.3) is 0 Å². The number of fused-ring (bicyclic) bond motifs is 1. The van der Waals surface area contributed by atoms with Crippen molar-refractivity contribution in [2.75, 3.05) is 7.11 Å². The Morgan fingerprint density at radius 3 is 2.50 bits per heavy atom. The largest absolute Gasteiger partial charge is 0.494 e. The summed E-state index contributed by atoms with van der Waals surface area (Å²) in [6.45, 7) is 3.99. The van der Waals surface area contributed by atoms with Crippen molar-refractivity contribution in [3.05, 3.63) is 66.6 Å². The smallest absolute Gasteiger partial charge is 0.168 e. The van der Waals surface area contributed by atoms with Crippen LogP contribution >= 0.6 is 0 Å². The molecule has 0 saturated heterocycles. The molecule has 4 rings (SSSR count). The van der Waals surface area contributed by atoms with Crippen LogP contribution < -0.4 is 9.47 Å². The number of methoxy groups -OCH3 is 1. The first-order valence-electron chi connectivity index (χ1n) is 9.01. The number of hydrogen-bond donors (Lipinski definition) is 0. The van der Waals surface area contributed by atoms with E-state index in [2.05, 4.69) is 10.2 Å². The van der Waals surface area contributed by atoms with E-state index >= 15 is 0 Å². The molecule has 6 heteroatoms. The zero-order valence-electron chi connectivity index (χ0n) is 15.9. The molecule has 0 fully saturated rings. The number of nitrogens with zero attached hydrogens (tertiary/aromatic N) is 3. The topological polar surface area (TPSA) is 48.7 Å². The van der Waals surface area contributed by atoms with E-state index < -0.39 is 5.82 Å². The molecule has 0 saturated carbocycles. The molecule has 0 atom stereocenters. The average molecular weight is 377 g/mol. The monoisotopic (exact) mass is 377 g/mol. The highest BCUT2D eigenvalue weighted by molar-refractivity contribution is 5.68. The lowest BCUT2D eigenvalue weighted by Crippen LogP contribution is -2.05. The minimum absolute atomic E-state index is 0.104. The van der Waals surface area contributed by atoms with Crippen molar-refractivity contribution in [3.63, 3.8) is 0 Å². The van der Waals surface area contributed by atoms with E-state index in [9.17, 15) is 4.39 Å². The average Bonchev–Trinajstić information content (AvgIpc) is 3.11. The van der Waals surface area contributed by atoms with E-state index in [0.29, 0.717) is 17.0 Å². The molecule has 5 nitrogen and oxygen atoms in total. The summed E-state index contributed by atoms with van der Waals surface area (Å²) in [5, 5.41) is 8.43. The first kappa shape index (κ1) is 18.0. The molecule has 0 aliphatic carbocycles. The van der Waals surface area contributed by atoms with Gasteiger partial charge in [0, 0.05) is 11.8 Å². The number of ether oxygens (including phenoxy) is 2. The maximum atomic E-state index is 14.1. The molecule has 0 aliphatic rings. The van der Waals surface area contributed by atoms with Gasteiger partial charge < -0.3 is 9.47 Å². The highest BCUT2D eigenvalue weighted by Crippen LogP contribution is 2.28. The molecule has 2 aromatic carbocycles. The number of benzene rings is 2. The highest BCUT2D eigenvalue weighted by atomic mass is 19.1. The van der Waals surface area contributed by atoms with Crippen LogP contribution in [-0.2, 0) is 0 Å². The summed E-state index contributed by atoms with van der Waals surface area (Å²) in [5.74, 6) is 1.13. The van der Waals surface area contributed by atoms with E-state index in [1.54, 1.807) is 12.1 Å². The van der Waals surface area contributed by atoms with E-state index in [1.807, 2.05) is 60.8 Å². The Kier molecular flexibility index (Phi) is 4.69. The second kappa shape index (κ2) is 7.31. The van der Waals surface area contributed by atoms with Crippen LogP contribution in [0.4, 0.5) is 4.39 Å². The van der Waals surface area contributed by atoms with Crippen LogP contribution in [0.25, 0.3) is 28.2 Å². The Bertz CT molecular complexity index is 1140. The molecular formula is C22H20FN3O2. The summed E-state index contributed by atoms with van der Waals surface area (Å²) in [5.41, 5.74) is 3.31. The Hall–Kier alpha value is -3.41. The predicted molar refractivity (Wildman–Crippen MR) is 106 cm³/mol. The van der Waals surface area contributed by atoms with Gasteiger partial charge in [-0.3, -0.25) is 4.40 Å². The Labute approximate surface area is 162 Å². The zero-order chi connectivity index (χ0) is 19.7. The normalized spacial score (nSPS) is 11.2. The summed E-state index contributed by atoms with van der Waals surface area (Å²) < 4.78 is 26.8. The van der Waals surface area contributed by atoms with Gasteiger partial charge >= 0.3 is 0 Å². The lowest BCUT2D eigenvalue weighted by Gasteiger charge is -2.11. The van der Waals surface area contributed by atoms with Crippen LogP contribution in [-0.4, -0.2) is 27.8 Å². The molecule has 28 heavy (non-hydrogen) atoms. The second-order valence-corrected chi connectivity index (χ2v) is 6.71. The van der Waals surface area contributed by atoms with Crippen molar-refractivity contribution in [1.29, 1.82) is 0 Å². The number of aromatic nitrogens is 3. The first-order chi connectivity index (χ1) is 13.5. The summed E-state index contributed by atoms with van der Waals surface area (Å²) in [4.78, 5) is 0. The van der Waals surface area contributed by atoms with E-state index in [1.165, 1.54) is 13.2 Å². The maximum absolute atomic E-state index is 14.1. The number of halogens is 1. The molecule has 0 bridgehead atoms. The third kappa shape index (κ3) is 3.41. The number of rotatable bonds is 5. The van der Waals surface area contributed by atoms with Crippen LogP contribution in [0.3, 0.4) is 0 Å². The van der Waals surface area contributed by atoms with Crippen molar-refractivity contribution in [2.24, 2.45) is 0 Å². The Balaban J connectivity index is 1.77. The van der Waals surface area contributed by atoms with Gasteiger partial charge in [-0.05, 0) is 67.4 Å². The van der Waals surface area contributed by atoms with Gasteiger partial charge in [0.15, 0.2) is 23.0 Å². The maximum Gasteiger partial charge on any atom is 0.168 e. The third-order valence-corrected chi connectivity index (χ3v) is 4.35. The molecule has 0 unspecified atom stereocenters. The third-order valence-electron chi connectivity index (χ3n) is 4.35. The number of pyridine rings is 1. The van der Waals surface area contributed by atoms with Crippen LogP contribution in [0, 0.1) is 5.82 Å². The van der Waals surface area contributed by atoms with Crippen LogP contribution in [0.15, 0.2) is 60.8 Å². The molecule has 0 spiro atoms. The van der Waals surface area contributed by atoms with E-state index in [-0.39, 0.29) is 11.9 Å². The minimum Gasteiger partial charge on any atom is -0.494 e. The van der Waals surface area contributed by atoms with Gasteiger partial charge in [0.1, 0.15) is 5.75 Å². The SMILES string of the molecule is COc1ccc(-c2nnc3ccc(-c4cccc(OC(C)C)c4)cn23)cc1F. The summed E-state index contributed by atoms with van der Waals surface area (Å²) in [6.07, 6.45) is 2.05. The Morgan fingerprint density at radius 1 is 0.929 bits per heavy atom. The van der Waals surface area contributed by atoms with Gasteiger partial charge in [-0.25, -0.2) is 4.39 Å². The summed E-state index contributed by atoms with van der Waals surface area (Å²) in [6, 6.07) is 16.5. The molecule has 4 aromatic rings. The fourth-order valence-corrected chi connectivity index (χ4v) is 3.08. The zero-order valence-corrected chi connectivity index (χ0v) is 15.9.